The predicted octanol–water partition coefficient (Wildman–Crippen LogP) is 4.05. The van der Waals surface area contributed by atoms with E-state index in [1.165, 1.54) is 48.2 Å². The Morgan fingerprint density at radius 3 is 2.00 bits per heavy atom. The van der Waals surface area contributed by atoms with Gasteiger partial charge in [0.15, 0.2) is 0 Å². The van der Waals surface area contributed by atoms with Crippen LogP contribution in [0, 0.1) is 11.6 Å². The first-order chi connectivity index (χ1) is 17.3. The quantitative estimate of drug-likeness (QED) is 0.523. The van der Waals surface area contributed by atoms with Gasteiger partial charge in [0.2, 0.25) is 11.8 Å². The molecule has 0 aromatic heterocycles. The first kappa shape index (κ1) is 25.0. The molecule has 0 radical (unpaired) electrons. The zero-order valence-electron chi connectivity index (χ0n) is 20.0. The van der Waals surface area contributed by atoms with Crippen molar-refractivity contribution in [2.45, 2.75) is 19.9 Å². The number of hydrogen-bond acceptors (Lipinski definition) is 3. The van der Waals surface area contributed by atoms with Gasteiger partial charge >= 0.3 is 0 Å². The summed E-state index contributed by atoms with van der Waals surface area (Å²) >= 11 is 0. The summed E-state index contributed by atoms with van der Waals surface area (Å²) < 4.78 is 27.6. The van der Waals surface area contributed by atoms with E-state index >= 15 is 0 Å². The Balaban J connectivity index is 1.50. The fourth-order valence-electron chi connectivity index (χ4n) is 4.23. The zero-order chi connectivity index (χ0) is 25.7. The van der Waals surface area contributed by atoms with Gasteiger partial charge in [-0.15, -0.1) is 0 Å². The summed E-state index contributed by atoms with van der Waals surface area (Å²) in [4.78, 5) is 42.5. The topological polar surface area (TPSA) is 60.9 Å². The van der Waals surface area contributed by atoms with Crippen molar-refractivity contribution in [1.82, 2.24) is 9.80 Å². The van der Waals surface area contributed by atoms with Crippen LogP contribution in [0.25, 0.3) is 0 Å². The lowest BCUT2D eigenvalue weighted by Gasteiger charge is -2.34. The van der Waals surface area contributed by atoms with Crippen LogP contribution in [0.3, 0.4) is 0 Å². The maximum absolute atomic E-state index is 13.8. The van der Waals surface area contributed by atoms with Crippen molar-refractivity contribution < 1.29 is 23.2 Å². The van der Waals surface area contributed by atoms with Crippen LogP contribution in [0.15, 0.2) is 72.8 Å². The van der Waals surface area contributed by atoms with Gasteiger partial charge in [0.1, 0.15) is 11.6 Å². The van der Waals surface area contributed by atoms with Crippen molar-refractivity contribution in [3.05, 3.63) is 101 Å². The van der Waals surface area contributed by atoms with Gasteiger partial charge in [-0.25, -0.2) is 8.78 Å². The second-order valence-electron chi connectivity index (χ2n) is 8.76. The summed E-state index contributed by atoms with van der Waals surface area (Å²) in [5.74, 6) is -1.38. The van der Waals surface area contributed by atoms with E-state index in [1.54, 1.807) is 46.2 Å². The third-order valence-electron chi connectivity index (χ3n) is 6.23. The Morgan fingerprint density at radius 2 is 1.39 bits per heavy atom. The summed E-state index contributed by atoms with van der Waals surface area (Å²) in [6.07, 6.45) is 0.197. The van der Waals surface area contributed by atoms with Gasteiger partial charge in [-0.3, -0.25) is 14.4 Å². The van der Waals surface area contributed by atoms with Crippen LogP contribution >= 0.6 is 0 Å². The molecule has 3 aromatic carbocycles. The number of hydrogen-bond donors (Lipinski definition) is 0. The van der Waals surface area contributed by atoms with Crippen LogP contribution in [0.4, 0.5) is 14.5 Å². The second kappa shape index (κ2) is 11.1. The van der Waals surface area contributed by atoms with Crippen molar-refractivity contribution in [2.75, 3.05) is 31.1 Å². The number of rotatable bonds is 6. The lowest BCUT2D eigenvalue weighted by molar-refractivity contribution is -0.138. The van der Waals surface area contributed by atoms with Crippen molar-refractivity contribution in [3.8, 4) is 0 Å². The zero-order valence-corrected chi connectivity index (χ0v) is 20.0. The third-order valence-corrected chi connectivity index (χ3v) is 6.23. The van der Waals surface area contributed by atoms with Crippen LogP contribution in [-0.2, 0) is 22.6 Å². The molecule has 1 fully saturated rings. The first-order valence-electron chi connectivity index (χ1n) is 11.7. The van der Waals surface area contributed by atoms with Gasteiger partial charge in [-0.2, -0.15) is 0 Å². The predicted molar refractivity (Wildman–Crippen MR) is 132 cm³/mol. The maximum Gasteiger partial charge on any atom is 0.258 e. The SMILES string of the molecule is CC(=O)N1CCN(C(=O)Cc2ccc(N(Cc3cccc(F)c3)C(=O)c3cccc(F)c3)cc2)CC1. The highest BCUT2D eigenvalue weighted by Gasteiger charge is 2.23. The fourth-order valence-corrected chi connectivity index (χ4v) is 4.23. The van der Waals surface area contributed by atoms with E-state index in [0.29, 0.717) is 37.4 Å². The van der Waals surface area contributed by atoms with Gasteiger partial charge in [-0.05, 0) is 53.6 Å². The van der Waals surface area contributed by atoms with Crippen molar-refractivity contribution in [3.63, 3.8) is 0 Å². The van der Waals surface area contributed by atoms with Crippen LogP contribution in [0.1, 0.15) is 28.4 Å². The molecule has 0 atom stereocenters. The molecule has 3 aromatic rings. The number of piperazine rings is 1. The smallest absolute Gasteiger partial charge is 0.258 e. The first-order valence-corrected chi connectivity index (χ1v) is 11.7. The molecule has 0 unspecified atom stereocenters. The van der Waals surface area contributed by atoms with Crippen LogP contribution < -0.4 is 4.90 Å². The number of nitrogens with zero attached hydrogens (tertiary/aromatic N) is 3. The number of amides is 3. The molecule has 186 valence electrons. The molecule has 8 heteroatoms. The Hall–Kier alpha value is -4.07. The van der Waals surface area contributed by atoms with E-state index in [2.05, 4.69) is 0 Å². The monoisotopic (exact) mass is 491 g/mol. The van der Waals surface area contributed by atoms with E-state index in [-0.39, 0.29) is 30.3 Å². The lowest BCUT2D eigenvalue weighted by Crippen LogP contribution is -2.50. The van der Waals surface area contributed by atoms with Crippen LogP contribution in [0.2, 0.25) is 0 Å². The Kier molecular flexibility index (Phi) is 7.73. The van der Waals surface area contributed by atoms with E-state index in [9.17, 15) is 23.2 Å². The minimum atomic E-state index is -0.524. The molecular formula is C28H27F2N3O3. The molecule has 1 heterocycles. The third kappa shape index (κ3) is 6.13. The standard InChI is InChI=1S/C28H27F2N3O3/c1-20(34)31-12-14-32(15-13-31)27(35)17-21-8-10-26(11-9-21)33(19-22-4-2-6-24(29)16-22)28(36)23-5-3-7-25(30)18-23/h2-11,16,18H,12-15,17,19H2,1H3. The Bertz CT molecular complexity index is 1250. The molecule has 6 nitrogen and oxygen atoms in total. The largest absolute Gasteiger partial charge is 0.339 e. The minimum Gasteiger partial charge on any atom is -0.339 e. The number of carbonyl (C=O) groups is 3. The Morgan fingerprint density at radius 1 is 0.778 bits per heavy atom. The average molecular weight is 492 g/mol. The van der Waals surface area contributed by atoms with E-state index < -0.39 is 17.5 Å². The molecule has 0 saturated carbocycles. The van der Waals surface area contributed by atoms with Crippen molar-refractivity contribution >= 4 is 23.4 Å². The average Bonchev–Trinajstić information content (AvgIpc) is 2.87. The Labute approximate surface area is 208 Å². The highest BCUT2D eigenvalue weighted by molar-refractivity contribution is 6.06. The van der Waals surface area contributed by atoms with Crippen molar-refractivity contribution in [1.29, 1.82) is 0 Å². The molecule has 0 aliphatic carbocycles. The van der Waals surface area contributed by atoms with Gasteiger partial charge in [0.05, 0.1) is 13.0 Å². The van der Waals surface area contributed by atoms with Crippen LogP contribution in [0.5, 0.6) is 0 Å². The summed E-state index contributed by atoms with van der Waals surface area (Å²) in [6.45, 7) is 3.66. The molecule has 0 bridgehead atoms. The van der Waals surface area contributed by atoms with Gasteiger partial charge in [-0.1, -0.05) is 30.3 Å². The summed E-state index contributed by atoms with van der Waals surface area (Å²) in [5.41, 5.74) is 2.08. The molecule has 0 spiro atoms. The van der Waals surface area contributed by atoms with E-state index in [1.807, 2.05) is 0 Å². The molecule has 1 aliphatic rings. The number of carbonyl (C=O) groups excluding carboxylic acids is 3. The molecule has 4 rings (SSSR count). The van der Waals surface area contributed by atoms with E-state index in [4.69, 9.17) is 0 Å². The van der Waals surface area contributed by atoms with Crippen molar-refractivity contribution in [2.24, 2.45) is 0 Å². The summed E-state index contributed by atoms with van der Waals surface area (Å²) in [6, 6.07) is 18.4. The van der Waals surface area contributed by atoms with Gasteiger partial charge in [0, 0.05) is 44.4 Å². The van der Waals surface area contributed by atoms with Gasteiger partial charge < -0.3 is 14.7 Å². The normalized spacial score (nSPS) is 13.4. The minimum absolute atomic E-state index is 0.00766. The molecular weight excluding hydrogens is 464 g/mol. The van der Waals surface area contributed by atoms with Crippen LogP contribution in [-0.4, -0.2) is 53.7 Å². The fraction of sp³-hybridized carbons (Fsp3) is 0.250. The summed E-state index contributed by atoms with van der Waals surface area (Å²) in [5, 5.41) is 0. The highest BCUT2D eigenvalue weighted by atomic mass is 19.1. The second-order valence-corrected chi connectivity index (χ2v) is 8.76. The number of benzene rings is 3. The summed E-state index contributed by atoms with van der Waals surface area (Å²) in [7, 11) is 0. The maximum atomic E-state index is 13.8. The highest BCUT2D eigenvalue weighted by Crippen LogP contribution is 2.22. The molecule has 0 N–H and O–H groups in total. The van der Waals surface area contributed by atoms with Gasteiger partial charge in [0.25, 0.3) is 5.91 Å². The lowest BCUT2D eigenvalue weighted by atomic mass is 10.1. The number of halogens is 2. The molecule has 1 saturated heterocycles. The van der Waals surface area contributed by atoms with E-state index in [0.717, 1.165) is 5.56 Å². The number of anilines is 1. The molecule has 3 amide bonds. The molecule has 36 heavy (non-hydrogen) atoms. The molecule has 1 aliphatic heterocycles.